The predicted octanol–water partition coefficient (Wildman–Crippen LogP) is 25.3. The van der Waals surface area contributed by atoms with Gasteiger partial charge in [-0.15, -0.1) is 11.3 Å². The molecule has 11 rings (SSSR count). The van der Waals surface area contributed by atoms with E-state index in [9.17, 15) is 0 Å². The molecule has 0 aliphatic heterocycles. The zero-order chi connectivity index (χ0) is 73.8. The Hall–Kier alpha value is -8.02. The number of hydrogen-bond acceptors (Lipinski definition) is 10. The van der Waals surface area contributed by atoms with Crippen LogP contribution < -0.4 is 14.2 Å². The predicted molar refractivity (Wildman–Crippen MR) is 427 cm³/mol. The van der Waals surface area contributed by atoms with E-state index >= 15 is 0 Å². The van der Waals surface area contributed by atoms with E-state index in [4.69, 9.17) is 23.0 Å². The van der Waals surface area contributed by atoms with Crippen LogP contribution in [0.1, 0.15) is 236 Å². The van der Waals surface area contributed by atoms with E-state index in [1.54, 1.807) is 33.7 Å². The number of methoxy groups -OCH3 is 3. The summed E-state index contributed by atoms with van der Waals surface area (Å²) in [6, 6.07) is 35.5. The molecular formula is C88H125N5O5S. The molecule has 0 saturated heterocycles. The highest BCUT2D eigenvalue weighted by atomic mass is 32.1. The second kappa shape index (κ2) is 36.4. The van der Waals surface area contributed by atoms with Gasteiger partial charge in [0, 0.05) is 94.9 Å². The summed E-state index contributed by atoms with van der Waals surface area (Å²) in [7, 11) is 4.94. The smallest absolute Gasteiger partial charge is 0.212 e. The van der Waals surface area contributed by atoms with Crippen molar-refractivity contribution in [3.05, 3.63) is 232 Å². The zero-order valence-corrected chi connectivity index (χ0v) is 66.5. The highest BCUT2D eigenvalue weighted by Crippen LogP contribution is 2.36. The highest BCUT2D eigenvalue weighted by Gasteiger charge is 2.23. The van der Waals surface area contributed by atoms with Crippen LogP contribution in [0.2, 0.25) is 0 Å². The molecule has 0 bridgehead atoms. The second-order valence-corrected chi connectivity index (χ2v) is 34.1. The third kappa shape index (κ3) is 27.6. The van der Waals surface area contributed by atoms with Crippen molar-refractivity contribution >= 4 is 43.4 Å². The Morgan fingerprint density at radius 2 is 0.939 bits per heavy atom. The Labute approximate surface area is 602 Å². The second-order valence-electron chi connectivity index (χ2n) is 33.2. The number of aromatic nitrogens is 5. The van der Waals surface area contributed by atoms with Crippen molar-refractivity contribution in [2.45, 2.75) is 244 Å². The van der Waals surface area contributed by atoms with Crippen LogP contribution in [0.5, 0.6) is 17.4 Å². The number of thiophene rings is 1. The topological polar surface area (TPSA) is 110 Å². The first-order valence-electron chi connectivity index (χ1n) is 34.3. The molecule has 10 nitrogen and oxygen atoms in total. The maximum atomic E-state index is 5.54. The maximum absolute atomic E-state index is 5.54. The number of furan rings is 2. The fourth-order valence-corrected chi connectivity index (χ4v) is 11.0. The molecule has 99 heavy (non-hydrogen) atoms. The molecule has 538 valence electrons. The number of nitrogens with zero attached hydrogens (tertiary/aromatic N) is 5. The van der Waals surface area contributed by atoms with Gasteiger partial charge in [0.15, 0.2) is 0 Å². The first kappa shape index (κ1) is 85.2. The van der Waals surface area contributed by atoms with Crippen LogP contribution in [0.3, 0.4) is 0 Å². The molecule has 3 aromatic carbocycles. The standard InChI is InChI=1S/C13H16O2.C12H14S.C11H13NO.C11H16.2C10H15NO.C10H15N.C10H17N.CH4/c1-13(2,3)11-8-15-12-7-9(14-4)5-6-10(11)12;1-12(2,3)10-8-13-11-7-5-4-6-9(10)11;1-11(2,3)9-7-13-10-4-5-12-6-8(9)10;1-9-6-5-7-10(8-9)11(2,3)4;1-10(2,3)8-5-9(12-4)7-11-6-8;1-10(2,3)8-5-6-9(12-4)11-7-8;1-8-5-9(7-11-6-8)10(2,3)4;1-5-11-7-6-9(8-11)10(2,3)4;/h5-8H,1-4H3;4-8H,1-3H3;4-7H,1-3H3;5-8H,1-4H3;2*5-7H,1-4H3;5-7H,1-4H3;6-8H,5H2,1-4H3;1H4. The molecule has 0 atom stereocenters. The minimum Gasteiger partial charge on any atom is -0.497 e. The highest BCUT2D eigenvalue weighted by molar-refractivity contribution is 7.17. The summed E-state index contributed by atoms with van der Waals surface area (Å²) < 4.78 is 29.8. The molecular weight excluding hydrogens is 1240 g/mol. The van der Waals surface area contributed by atoms with Gasteiger partial charge in [0.25, 0.3) is 0 Å². The van der Waals surface area contributed by atoms with Gasteiger partial charge in [-0.2, -0.15) is 0 Å². The van der Waals surface area contributed by atoms with Crippen LogP contribution >= 0.6 is 11.3 Å². The van der Waals surface area contributed by atoms with Gasteiger partial charge in [-0.25, -0.2) is 4.98 Å². The summed E-state index contributed by atoms with van der Waals surface area (Å²) in [5, 5.41) is 5.99. The van der Waals surface area contributed by atoms with Gasteiger partial charge in [-0.05, 0) is 150 Å². The van der Waals surface area contributed by atoms with Crippen LogP contribution in [0.4, 0.5) is 0 Å². The molecule has 0 radical (unpaired) electrons. The third-order valence-corrected chi connectivity index (χ3v) is 17.3. The van der Waals surface area contributed by atoms with E-state index in [1.165, 1.54) is 71.1 Å². The van der Waals surface area contributed by atoms with Crippen molar-refractivity contribution in [3.8, 4) is 17.4 Å². The quantitative estimate of drug-likeness (QED) is 0.170. The van der Waals surface area contributed by atoms with Gasteiger partial charge < -0.3 is 27.6 Å². The number of rotatable bonds is 4. The molecule has 0 N–H and O–H groups in total. The lowest BCUT2D eigenvalue weighted by atomic mass is 9.86. The van der Waals surface area contributed by atoms with Crippen LogP contribution in [0.25, 0.3) is 32.0 Å². The maximum Gasteiger partial charge on any atom is 0.212 e. The van der Waals surface area contributed by atoms with Gasteiger partial charge >= 0.3 is 0 Å². The van der Waals surface area contributed by atoms with Crippen LogP contribution in [0.15, 0.2) is 186 Å². The van der Waals surface area contributed by atoms with Crippen molar-refractivity contribution < 1.29 is 23.0 Å². The number of pyridine rings is 4. The van der Waals surface area contributed by atoms with Gasteiger partial charge in [0.05, 0.1) is 40.1 Å². The molecule has 0 aliphatic rings. The van der Waals surface area contributed by atoms with Crippen molar-refractivity contribution in [3.63, 3.8) is 0 Å². The minimum atomic E-state index is 0. The van der Waals surface area contributed by atoms with Gasteiger partial charge in [0.2, 0.25) is 5.88 Å². The molecule has 11 heteroatoms. The summed E-state index contributed by atoms with van der Waals surface area (Å²) in [6.45, 7) is 60.3. The molecule has 0 amide bonds. The molecule has 0 saturated carbocycles. The summed E-state index contributed by atoms with van der Waals surface area (Å²) >= 11 is 1.84. The largest absolute Gasteiger partial charge is 0.497 e. The fourth-order valence-electron chi connectivity index (χ4n) is 9.77. The molecule has 8 aromatic heterocycles. The van der Waals surface area contributed by atoms with E-state index < -0.39 is 0 Å². The van der Waals surface area contributed by atoms with Gasteiger partial charge in [-0.1, -0.05) is 234 Å². The Kier molecular flexibility index (Phi) is 31.3. The number of ether oxygens (including phenoxy) is 3. The SMILES string of the molecule is C.CC(C)(C)c1coc2ccncc12.CC(C)(C)c1csc2ccccc12.CCn1ccc(C(C)(C)C)c1.COc1ccc(C(C)(C)C)cn1.COc1ccc2c(C(C)(C)C)coc2c1.COc1cncc(C(C)(C)C)c1.Cc1cccc(C(C)(C)C)c1.Cc1cncc(C(C)(C)C)c1. The van der Waals surface area contributed by atoms with Gasteiger partial charge in [-0.3, -0.25) is 15.0 Å². The van der Waals surface area contributed by atoms with E-state index in [0.717, 1.165) is 34.6 Å². The first-order chi connectivity index (χ1) is 45.3. The lowest BCUT2D eigenvalue weighted by Crippen LogP contribution is -2.11. The summed E-state index contributed by atoms with van der Waals surface area (Å²) in [4.78, 5) is 16.5. The summed E-state index contributed by atoms with van der Waals surface area (Å²) in [6.07, 6.45) is 20.9. The average Bonchev–Trinajstić information content (AvgIpc) is 1.67. The third-order valence-electron chi connectivity index (χ3n) is 16.3. The molecule has 8 heterocycles. The van der Waals surface area contributed by atoms with Crippen LogP contribution in [-0.2, 0) is 49.9 Å². The molecule has 0 unspecified atom stereocenters. The molecule has 0 spiro atoms. The average molecular weight is 1370 g/mol. The van der Waals surface area contributed by atoms with Crippen molar-refractivity contribution in [2.24, 2.45) is 0 Å². The molecule has 11 aromatic rings. The van der Waals surface area contributed by atoms with E-state index in [-0.39, 0.29) is 45.3 Å². The van der Waals surface area contributed by atoms with Crippen molar-refractivity contribution in [1.82, 2.24) is 24.5 Å². The van der Waals surface area contributed by atoms with E-state index in [2.05, 4.69) is 296 Å². The monoisotopic (exact) mass is 1360 g/mol. The fraction of sp³-hybridized carbons (Fsp3) is 0.455. The Balaban J connectivity index is 0.000000295. The minimum absolute atomic E-state index is 0. The lowest BCUT2D eigenvalue weighted by Gasteiger charge is -2.19. The van der Waals surface area contributed by atoms with E-state index in [0.29, 0.717) is 11.3 Å². The van der Waals surface area contributed by atoms with Crippen molar-refractivity contribution in [2.75, 3.05) is 21.3 Å². The number of benzene rings is 3. The Bertz CT molecular complexity index is 4000. The summed E-state index contributed by atoms with van der Waals surface area (Å²) in [5.74, 6) is 2.32. The van der Waals surface area contributed by atoms with E-state index in [1.807, 2.05) is 91.2 Å². The van der Waals surface area contributed by atoms with Crippen LogP contribution in [0, 0.1) is 13.8 Å². The number of aryl methyl sites for hydroxylation is 3. The van der Waals surface area contributed by atoms with Gasteiger partial charge in [0.1, 0.15) is 22.7 Å². The summed E-state index contributed by atoms with van der Waals surface area (Å²) in [5.41, 5.74) is 16.5. The van der Waals surface area contributed by atoms with Crippen LogP contribution in [-0.4, -0.2) is 45.8 Å². The zero-order valence-electron chi connectivity index (χ0n) is 65.6. The number of hydrogen-bond donors (Lipinski definition) is 0. The Morgan fingerprint density at radius 3 is 1.40 bits per heavy atom. The Morgan fingerprint density at radius 1 is 0.404 bits per heavy atom. The lowest BCUT2D eigenvalue weighted by molar-refractivity contribution is 0.397. The number of fused-ring (bicyclic) bond motifs is 3. The molecule has 0 fully saturated rings. The molecule has 0 aliphatic carbocycles. The first-order valence-corrected chi connectivity index (χ1v) is 35.2. The normalized spacial score (nSPS) is 11.7. The van der Waals surface area contributed by atoms with Crippen molar-refractivity contribution in [1.29, 1.82) is 0 Å².